The Hall–Kier alpha value is -2.79. The molecule has 0 aliphatic heterocycles. The van der Waals surface area contributed by atoms with Crippen molar-refractivity contribution in [3.05, 3.63) is 34.7 Å². The van der Waals surface area contributed by atoms with Crippen LogP contribution in [0.2, 0.25) is 0 Å². The van der Waals surface area contributed by atoms with Crippen molar-refractivity contribution in [2.75, 3.05) is 26.1 Å². The zero-order chi connectivity index (χ0) is 20.9. The Bertz CT molecular complexity index is 983. The Balaban J connectivity index is 2.39. The van der Waals surface area contributed by atoms with Crippen LogP contribution in [0.25, 0.3) is 0 Å². The molecule has 1 aromatic heterocycles. The van der Waals surface area contributed by atoms with Crippen molar-refractivity contribution in [3.63, 3.8) is 0 Å². The van der Waals surface area contributed by atoms with E-state index in [1.165, 1.54) is 46.5 Å². The number of sulfonamides is 1. The maximum Gasteiger partial charge on any atom is 0.340 e. The van der Waals surface area contributed by atoms with Gasteiger partial charge in [-0.2, -0.15) is 0 Å². The summed E-state index contributed by atoms with van der Waals surface area (Å²) in [6.45, 7) is 1.59. The summed E-state index contributed by atoms with van der Waals surface area (Å²) in [4.78, 5) is 23.8. The molecule has 0 aliphatic rings. The predicted octanol–water partition coefficient (Wildman–Crippen LogP) is 1.99. The van der Waals surface area contributed by atoms with E-state index < -0.39 is 16.0 Å². The number of rotatable bonds is 8. The van der Waals surface area contributed by atoms with Gasteiger partial charge in [0.05, 0.1) is 39.1 Å². The van der Waals surface area contributed by atoms with Crippen LogP contribution < -0.4 is 19.5 Å². The second kappa shape index (κ2) is 8.93. The first-order valence-electron chi connectivity index (χ1n) is 7.92. The third kappa shape index (κ3) is 4.93. The highest BCUT2D eigenvalue weighted by Gasteiger charge is 2.23. The van der Waals surface area contributed by atoms with Crippen LogP contribution in [-0.4, -0.2) is 41.6 Å². The highest BCUT2D eigenvalue weighted by molar-refractivity contribution is 7.94. The number of amides is 1. The lowest BCUT2D eigenvalue weighted by molar-refractivity contribution is -0.119. The standard InChI is InChI=1S/C17H20N2O7S2/c1-10(20)18-9-11-5-6-16(27-11)28(22,23)19-13-8-15(25-3)14(24-2)7-12(13)17(21)26-4/h5-8,19H,9H2,1-4H3,(H,18,20). The van der Waals surface area contributed by atoms with Gasteiger partial charge in [0.2, 0.25) is 5.91 Å². The molecule has 0 radical (unpaired) electrons. The van der Waals surface area contributed by atoms with Gasteiger partial charge in [0.15, 0.2) is 11.5 Å². The number of anilines is 1. The van der Waals surface area contributed by atoms with Gasteiger partial charge in [-0.1, -0.05) is 0 Å². The van der Waals surface area contributed by atoms with Crippen molar-refractivity contribution in [2.24, 2.45) is 0 Å². The van der Waals surface area contributed by atoms with Crippen molar-refractivity contribution < 1.29 is 32.2 Å². The zero-order valence-corrected chi connectivity index (χ0v) is 17.3. The van der Waals surface area contributed by atoms with Crippen molar-refractivity contribution >= 4 is 38.9 Å². The average molecular weight is 428 g/mol. The summed E-state index contributed by atoms with van der Waals surface area (Å²) in [6.07, 6.45) is 0. The van der Waals surface area contributed by atoms with E-state index in [1.54, 1.807) is 6.07 Å². The van der Waals surface area contributed by atoms with Gasteiger partial charge in [-0.3, -0.25) is 9.52 Å². The number of carbonyl (C=O) groups is 2. The number of hydrogen-bond donors (Lipinski definition) is 2. The van der Waals surface area contributed by atoms with Crippen LogP contribution in [0.3, 0.4) is 0 Å². The first-order valence-corrected chi connectivity index (χ1v) is 10.2. The van der Waals surface area contributed by atoms with E-state index in [1.807, 2.05) is 0 Å². The molecular formula is C17H20N2O7S2. The normalized spacial score (nSPS) is 10.9. The van der Waals surface area contributed by atoms with Gasteiger partial charge in [-0.15, -0.1) is 11.3 Å². The third-order valence-corrected chi connectivity index (χ3v) is 6.53. The Labute approximate surface area is 166 Å². The monoisotopic (exact) mass is 428 g/mol. The molecule has 2 N–H and O–H groups in total. The molecule has 0 atom stereocenters. The highest BCUT2D eigenvalue weighted by atomic mass is 32.2. The van der Waals surface area contributed by atoms with E-state index in [0.29, 0.717) is 4.88 Å². The second-order valence-electron chi connectivity index (χ2n) is 5.48. The SMILES string of the molecule is COC(=O)c1cc(OC)c(OC)cc1NS(=O)(=O)c1ccc(CNC(C)=O)s1. The molecule has 28 heavy (non-hydrogen) atoms. The minimum Gasteiger partial charge on any atom is -0.493 e. The summed E-state index contributed by atoms with van der Waals surface area (Å²) in [5.74, 6) is -0.467. The summed E-state index contributed by atoms with van der Waals surface area (Å²) < 4.78 is 43.0. The van der Waals surface area contributed by atoms with Crippen LogP contribution in [0.15, 0.2) is 28.5 Å². The van der Waals surface area contributed by atoms with Crippen molar-refractivity contribution in [2.45, 2.75) is 17.7 Å². The van der Waals surface area contributed by atoms with Gasteiger partial charge in [-0.05, 0) is 12.1 Å². The van der Waals surface area contributed by atoms with E-state index in [2.05, 4.69) is 10.0 Å². The molecule has 0 aliphatic carbocycles. The van der Waals surface area contributed by atoms with Gasteiger partial charge in [0, 0.05) is 23.9 Å². The van der Waals surface area contributed by atoms with Crippen molar-refractivity contribution in [3.8, 4) is 11.5 Å². The van der Waals surface area contributed by atoms with Gasteiger partial charge in [-0.25, -0.2) is 13.2 Å². The Kier molecular flexibility index (Phi) is 6.86. The van der Waals surface area contributed by atoms with Crippen molar-refractivity contribution in [1.29, 1.82) is 0 Å². The van der Waals surface area contributed by atoms with E-state index in [9.17, 15) is 18.0 Å². The first-order chi connectivity index (χ1) is 13.2. The van der Waals surface area contributed by atoms with Gasteiger partial charge in [0.1, 0.15) is 4.21 Å². The molecule has 0 unspecified atom stereocenters. The quantitative estimate of drug-likeness (QED) is 0.617. The van der Waals surface area contributed by atoms with Crippen LogP contribution in [-0.2, 0) is 26.1 Å². The Morgan fingerprint density at radius 1 is 1.07 bits per heavy atom. The lowest BCUT2D eigenvalue weighted by Crippen LogP contribution is -2.18. The smallest absolute Gasteiger partial charge is 0.340 e. The fourth-order valence-corrected chi connectivity index (χ4v) is 4.61. The van der Waals surface area contributed by atoms with Crippen LogP contribution >= 0.6 is 11.3 Å². The molecule has 1 amide bonds. The summed E-state index contributed by atoms with van der Waals surface area (Å²) in [5, 5.41) is 2.60. The molecule has 2 aromatic rings. The molecule has 0 fully saturated rings. The maximum atomic E-state index is 12.8. The molecular weight excluding hydrogens is 408 g/mol. The molecule has 9 nitrogen and oxygen atoms in total. The lowest BCUT2D eigenvalue weighted by atomic mass is 10.1. The molecule has 152 valence electrons. The average Bonchev–Trinajstić information content (AvgIpc) is 3.15. The number of nitrogens with one attached hydrogen (secondary N) is 2. The van der Waals surface area contributed by atoms with E-state index >= 15 is 0 Å². The van der Waals surface area contributed by atoms with Gasteiger partial charge < -0.3 is 19.5 Å². The van der Waals surface area contributed by atoms with Gasteiger partial charge in [0.25, 0.3) is 10.0 Å². The molecule has 1 heterocycles. The number of benzene rings is 1. The number of methoxy groups -OCH3 is 3. The fraction of sp³-hybridized carbons (Fsp3) is 0.294. The van der Waals surface area contributed by atoms with E-state index in [4.69, 9.17) is 14.2 Å². The van der Waals surface area contributed by atoms with Crippen LogP contribution in [0.1, 0.15) is 22.2 Å². The summed E-state index contributed by atoms with van der Waals surface area (Å²) in [6, 6.07) is 5.70. The minimum atomic E-state index is -3.99. The van der Waals surface area contributed by atoms with Crippen LogP contribution in [0, 0.1) is 0 Å². The lowest BCUT2D eigenvalue weighted by Gasteiger charge is -2.15. The molecule has 2 rings (SSSR count). The summed E-state index contributed by atoms with van der Waals surface area (Å²) >= 11 is 1.00. The third-order valence-electron chi connectivity index (χ3n) is 3.59. The van der Waals surface area contributed by atoms with Crippen molar-refractivity contribution in [1.82, 2.24) is 5.32 Å². The van der Waals surface area contributed by atoms with Crippen LogP contribution in [0.4, 0.5) is 5.69 Å². The zero-order valence-electron chi connectivity index (χ0n) is 15.7. The summed E-state index contributed by atoms with van der Waals surface area (Å²) in [5.41, 5.74) is -0.0416. The number of hydrogen-bond acceptors (Lipinski definition) is 8. The molecule has 0 bridgehead atoms. The fourth-order valence-electron chi connectivity index (χ4n) is 2.25. The molecule has 0 saturated heterocycles. The molecule has 1 aromatic carbocycles. The maximum absolute atomic E-state index is 12.8. The van der Waals surface area contributed by atoms with E-state index in [0.717, 1.165) is 11.3 Å². The summed E-state index contributed by atoms with van der Waals surface area (Å²) in [7, 11) is -0.0185. The number of thiophene rings is 1. The Morgan fingerprint density at radius 2 is 1.71 bits per heavy atom. The van der Waals surface area contributed by atoms with Crippen LogP contribution in [0.5, 0.6) is 11.5 Å². The topological polar surface area (TPSA) is 120 Å². The van der Waals surface area contributed by atoms with Gasteiger partial charge >= 0.3 is 5.97 Å². The molecule has 0 saturated carbocycles. The molecule has 0 spiro atoms. The molecule has 11 heteroatoms. The first kappa shape index (κ1) is 21.5. The minimum absolute atomic E-state index is 0.0127. The largest absolute Gasteiger partial charge is 0.493 e. The van der Waals surface area contributed by atoms with E-state index in [-0.39, 0.29) is 39.4 Å². The number of esters is 1. The highest BCUT2D eigenvalue weighted by Crippen LogP contribution is 2.35. The number of carbonyl (C=O) groups excluding carboxylic acids is 2. The Morgan fingerprint density at radius 3 is 2.29 bits per heavy atom. The second-order valence-corrected chi connectivity index (χ2v) is 8.56. The predicted molar refractivity (Wildman–Crippen MR) is 104 cm³/mol. The number of ether oxygens (including phenoxy) is 3.